The largest absolute Gasteiger partial charge is 0.316 e. The second-order valence-electron chi connectivity index (χ2n) is 5.99. The highest BCUT2D eigenvalue weighted by Crippen LogP contribution is 2.41. The Hall–Kier alpha value is -0.170. The molecule has 2 aliphatic heterocycles. The van der Waals surface area contributed by atoms with Crippen LogP contribution in [-0.2, 0) is 10.2 Å². The van der Waals surface area contributed by atoms with Gasteiger partial charge in [-0.1, -0.05) is 0 Å². The summed E-state index contributed by atoms with van der Waals surface area (Å²) in [5.74, 6) is 0.875. The number of nitrogens with zero attached hydrogens (tertiary/aromatic N) is 1. The molecule has 2 fully saturated rings. The quantitative estimate of drug-likeness (QED) is 0.761. The zero-order valence-electron chi connectivity index (χ0n) is 11.0. The first-order valence-corrected chi connectivity index (χ1v) is 7.70. The van der Waals surface area contributed by atoms with Gasteiger partial charge in [0, 0.05) is 24.7 Å². The molecule has 0 aromatic rings. The van der Waals surface area contributed by atoms with Gasteiger partial charge < -0.3 is 5.32 Å². The van der Waals surface area contributed by atoms with Crippen LogP contribution in [-0.4, -0.2) is 43.9 Å². The van der Waals surface area contributed by atoms with Crippen LogP contribution in [0.2, 0.25) is 0 Å². The number of nitrogens with one attached hydrogen (secondary N) is 2. The zero-order chi connectivity index (χ0) is 12.8. The summed E-state index contributed by atoms with van der Waals surface area (Å²) < 4.78 is 28.9. The molecule has 5 nitrogen and oxygen atoms in total. The lowest BCUT2D eigenvalue weighted by Crippen LogP contribution is -2.52. The van der Waals surface area contributed by atoms with Gasteiger partial charge in [0.25, 0.3) is 10.2 Å². The molecule has 2 atom stereocenters. The summed E-state index contributed by atoms with van der Waals surface area (Å²) in [7, 11) is -3.35. The van der Waals surface area contributed by atoms with E-state index in [1.165, 1.54) is 0 Å². The Morgan fingerprint density at radius 3 is 2.53 bits per heavy atom. The van der Waals surface area contributed by atoms with Crippen molar-refractivity contribution in [1.29, 1.82) is 0 Å². The second-order valence-corrected chi connectivity index (χ2v) is 7.61. The molecule has 0 saturated carbocycles. The summed E-state index contributed by atoms with van der Waals surface area (Å²) in [6, 6.07) is -0.0608. The maximum atomic E-state index is 12.3. The molecule has 0 aliphatic carbocycles. The molecule has 2 heterocycles. The van der Waals surface area contributed by atoms with Gasteiger partial charge in [-0.05, 0) is 46.1 Å². The van der Waals surface area contributed by atoms with Crippen LogP contribution < -0.4 is 10.0 Å². The minimum atomic E-state index is -3.35. The van der Waals surface area contributed by atoms with Crippen LogP contribution in [0.5, 0.6) is 0 Å². The Morgan fingerprint density at radius 1 is 1.35 bits per heavy atom. The van der Waals surface area contributed by atoms with Crippen molar-refractivity contribution in [3.8, 4) is 0 Å². The molecule has 2 unspecified atom stereocenters. The minimum absolute atomic E-state index is 0.0608. The van der Waals surface area contributed by atoms with E-state index in [4.69, 9.17) is 0 Å². The van der Waals surface area contributed by atoms with Gasteiger partial charge in [-0.15, -0.1) is 0 Å². The van der Waals surface area contributed by atoms with Gasteiger partial charge in [0.15, 0.2) is 0 Å². The molecule has 2 rings (SSSR count). The van der Waals surface area contributed by atoms with Gasteiger partial charge in [0.1, 0.15) is 0 Å². The summed E-state index contributed by atoms with van der Waals surface area (Å²) in [4.78, 5) is 0. The van der Waals surface area contributed by atoms with Crippen LogP contribution in [0.1, 0.15) is 27.7 Å². The molecule has 0 aromatic heterocycles. The van der Waals surface area contributed by atoms with Gasteiger partial charge in [0.2, 0.25) is 0 Å². The van der Waals surface area contributed by atoms with E-state index < -0.39 is 10.2 Å². The van der Waals surface area contributed by atoms with Crippen LogP contribution in [0.25, 0.3) is 0 Å². The molecule has 0 radical (unpaired) electrons. The summed E-state index contributed by atoms with van der Waals surface area (Å²) in [5.41, 5.74) is -0.297. The average Bonchev–Trinajstić information content (AvgIpc) is 2.66. The fourth-order valence-corrected chi connectivity index (χ4v) is 5.02. The third-order valence-corrected chi connectivity index (χ3v) is 5.93. The third kappa shape index (κ3) is 2.23. The Kier molecular flexibility index (Phi) is 3.27. The Labute approximate surface area is 104 Å². The summed E-state index contributed by atoms with van der Waals surface area (Å²) in [5, 5.41) is 3.35. The molecule has 2 N–H and O–H groups in total. The minimum Gasteiger partial charge on any atom is -0.316 e. The number of fused-ring (bicyclic) bond motifs is 1. The molecular formula is C11H23N3O2S. The summed E-state index contributed by atoms with van der Waals surface area (Å²) in [6.45, 7) is 10.3. The van der Waals surface area contributed by atoms with Gasteiger partial charge in [-0.2, -0.15) is 17.4 Å². The molecule has 2 aliphatic rings. The molecule has 0 bridgehead atoms. The fourth-order valence-electron chi connectivity index (χ4n) is 3.15. The molecular weight excluding hydrogens is 238 g/mol. The van der Waals surface area contributed by atoms with E-state index in [2.05, 4.69) is 10.0 Å². The monoisotopic (exact) mass is 261 g/mol. The van der Waals surface area contributed by atoms with Crippen LogP contribution in [0.15, 0.2) is 0 Å². The lowest BCUT2D eigenvalue weighted by atomic mass is 9.85. The normalized spacial score (nSPS) is 33.2. The smallest absolute Gasteiger partial charge is 0.280 e. The van der Waals surface area contributed by atoms with E-state index >= 15 is 0 Å². The standard InChI is InChI=1S/C11H23N3O2S/c1-8(2)13-17(15,16)14-7-9-5-12-6-10(9)11(14,3)4/h8-10,12-13H,5-7H2,1-4H3. The van der Waals surface area contributed by atoms with Crippen molar-refractivity contribution in [2.45, 2.75) is 39.3 Å². The maximum Gasteiger partial charge on any atom is 0.280 e. The van der Waals surface area contributed by atoms with Crippen LogP contribution in [0, 0.1) is 11.8 Å². The van der Waals surface area contributed by atoms with Crippen molar-refractivity contribution in [2.75, 3.05) is 19.6 Å². The lowest BCUT2D eigenvalue weighted by Gasteiger charge is -2.35. The van der Waals surface area contributed by atoms with E-state index in [1.807, 2.05) is 27.7 Å². The first kappa shape index (κ1) is 13.3. The lowest BCUT2D eigenvalue weighted by molar-refractivity contribution is 0.230. The molecule has 6 heteroatoms. The Bertz CT molecular complexity index is 392. The van der Waals surface area contributed by atoms with Gasteiger partial charge >= 0.3 is 0 Å². The van der Waals surface area contributed by atoms with Crippen LogP contribution >= 0.6 is 0 Å². The van der Waals surface area contributed by atoms with Crippen molar-refractivity contribution in [2.24, 2.45) is 11.8 Å². The first-order valence-electron chi connectivity index (χ1n) is 6.26. The van der Waals surface area contributed by atoms with Crippen molar-refractivity contribution < 1.29 is 8.42 Å². The highest BCUT2D eigenvalue weighted by molar-refractivity contribution is 7.87. The average molecular weight is 261 g/mol. The molecule has 0 spiro atoms. The van der Waals surface area contributed by atoms with E-state index in [9.17, 15) is 8.42 Å². The second kappa shape index (κ2) is 4.19. The maximum absolute atomic E-state index is 12.3. The van der Waals surface area contributed by atoms with Crippen molar-refractivity contribution in [3.05, 3.63) is 0 Å². The highest BCUT2D eigenvalue weighted by atomic mass is 32.2. The number of rotatable bonds is 3. The van der Waals surface area contributed by atoms with Crippen LogP contribution in [0.4, 0.5) is 0 Å². The van der Waals surface area contributed by atoms with Gasteiger partial charge in [-0.3, -0.25) is 0 Å². The van der Waals surface area contributed by atoms with E-state index in [0.29, 0.717) is 18.4 Å². The van der Waals surface area contributed by atoms with Gasteiger partial charge in [-0.25, -0.2) is 0 Å². The summed E-state index contributed by atoms with van der Waals surface area (Å²) in [6.07, 6.45) is 0. The first-order chi connectivity index (χ1) is 7.75. The molecule has 2 saturated heterocycles. The predicted molar refractivity (Wildman–Crippen MR) is 67.8 cm³/mol. The molecule has 0 amide bonds. The zero-order valence-corrected chi connectivity index (χ0v) is 11.8. The number of hydrogen-bond donors (Lipinski definition) is 2. The van der Waals surface area contributed by atoms with E-state index in [-0.39, 0.29) is 11.6 Å². The highest BCUT2D eigenvalue weighted by Gasteiger charge is 2.53. The molecule has 0 aromatic carbocycles. The van der Waals surface area contributed by atoms with Gasteiger partial charge in [0.05, 0.1) is 0 Å². The SMILES string of the molecule is CC(C)NS(=O)(=O)N1CC2CNCC2C1(C)C. The fraction of sp³-hybridized carbons (Fsp3) is 1.00. The molecule has 17 heavy (non-hydrogen) atoms. The number of hydrogen-bond acceptors (Lipinski definition) is 3. The topological polar surface area (TPSA) is 61.4 Å². The van der Waals surface area contributed by atoms with E-state index in [0.717, 1.165) is 13.1 Å². The molecule has 100 valence electrons. The third-order valence-electron chi connectivity index (χ3n) is 3.97. The van der Waals surface area contributed by atoms with Crippen LogP contribution in [0.3, 0.4) is 0 Å². The van der Waals surface area contributed by atoms with Crippen molar-refractivity contribution >= 4 is 10.2 Å². The summed E-state index contributed by atoms with van der Waals surface area (Å²) >= 11 is 0. The van der Waals surface area contributed by atoms with E-state index in [1.54, 1.807) is 4.31 Å². The van der Waals surface area contributed by atoms with Crippen molar-refractivity contribution in [1.82, 2.24) is 14.3 Å². The Morgan fingerprint density at radius 2 is 2.00 bits per heavy atom. The van der Waals surface area contributed by atoms with Crippen molar-refractivity contribution in [3.63, 3.8) is 0 Å². The Balaban J connectivity index is 2.23. The predicted octanol–water partition coefficient (Wildman–Crippen LogP) is 0.159.